The summed E-state index contributed by atoms with van der Waals surface area (Å²) in [5.74, 6) is 1.18. The van der Waals surface area contributed by atoms with Crippen molar-refractivity contribution in [2.45, 2.75) is 25.8 Å². The van der Waals surface area contributed by atoms with Crippen molar-refractivity contribution in [3.05, 3.63) is 41.2 Å². The van der Waals surface area contributed by atoms with Crippen molar-refractivity contribution in [3.8, 4) is 0 Å². The molecule has 21 heavy (non-hydrogen) atoms. The minimum Gasteiger partial charge on any atom is -0.348 e. The first-order chi connectivity index (χ1) is 10.2. The number of nitrogens with one attached hydrogen (secondary N) is 1. The Morgan fingerprint density at radius 3 is 2.52 bits per heavy atom. The highest BCUT2D eigenvalue weighted by molar-refractivity contribution is 6.28. The summed E-state index contributed by atoms with van der Waals surface area (Å²) in [7, 11) is 0. The highest BCUT2D eigenvalue weighted by Gasteiger charge is 2.17. The minimum absolute atomic E-state index is 0.107. The number of anilines is 2. The van der Waals surface area contributed by atoms with Gasteiger partial charge in [0.25, 0.3) is 0 Å². The van der Waals surface area contributed by atoms with Gasteiger partial charge in [-0.25, -0.2) is 0 Å². The molecule has 1 aromatic heterocycles. The molecule has 2 aromatic rings. The van der Waals surface area contributed by atoms with E-state index < -0.39 is 0 Å². The second kappa shape index (κ2) is 6.26. The third-order valence-corrected chi connectivity index (χ3v) is 3.80. The lowest BCUT2D eigenvalue weighted by atomic mass is 10.1. The zero-order valence-corrected chi connectivity index (χ0v) is 12.7. The zero-order chi connectivity index (χ0) is 14.7. The summed E-state index contributed by atoms with van der Waals surface area (Å²) in [5, 5.41) is 3.52. The van der Waals surface area contributed by atoms with Crippen LogP contribution in [0.5, 0.6) is 0 Å². The summed E-state index contributed by atoms with van der Waals surface area (Å²) in [6.45, 7) is 4.03. The Bertz CT molecular complexity index is 598. The third kappa shape index (κ3) is 3.42. The summed E-state index contributed by atoms with van der Waals surface area (Å²) >= 11 is 6.03. The van der Waals surface area contributed by atoms with E-state index in [0.717, 1.165) is 13.1 Å². The summed E-state index contributed by atoms with van der Waals surface area (Å²) < 4.78 is 0. The summed E-state index contributed by atoms with van der Waals surface area (Å²) in [6, 6.07) is 10.3. The van der Waals surface area contributed by atoms with Crippen molar-refractivity contribution >= 4 is 23.5 Å². The van der Waals surface area contributed by atoms with Crippen molar-refractivity contribution in [2.24, 2.45) is 0 Å². The molecule has 1 unspecified atom stereocenters. The lowest BCUT2D eigenvalue weighted by Gasteiger charge is -2.18. The summed E-state index contributed by atoms with van der Waals surface area (Å²) in [6.07, 6.45) is 2.35. The van der Waals surface area contributed by atoms with Gasteiger partial charge >= 0.3 is 0 Å². The van der Waals surface area contributed by atoms with Crippen molar-refractivity contribution in [1.82, 2.24) is 15.0 Å². The van der Waals surface area contributed by atoms with Gasteiger partial charge in [0.1, 0.15) is 0 Å². The van der Waals surface area contributed by atoms with Crippen LogP contribution < -0.4 is 10.2 Å². The van der Waals surface area contributed by atoms with Gasteiger partial charge in [-0.2, -0.15) is 15.0 Å². The molecule has 0 amide bonds. The van der Waals surface area contributed by atoms with Crippen LogP contribution >= 0.6 is 11.6 Å². The van der Waals surface area contributed by atoms with Crippen molar-refractivity contribution in [3.63, 3.8) is 0 Å². The van der Waals surface area contributed by atoms with Crippen molar-refractivity contribution < 1.29 is 0 Å². The van der Waals surface area contributed by atoms with E-state index in [2.05, 4.69) is 44.2 Å². The molecule has 1 atom stereocenters. The normalized spacial score (nSPS) is 16.0. The zero-order valence-electron chi connectivity index (χ0n) is 12.0. The fraction of sp³-hybridized carbons (Fsp3) is 0.400. The van der Waals surface area contributed by atoms with Crippen LogP contribution in [-0.4, -0.2) is 28.0 Å². The molecule has 1 fully saturated rings. The van der Waals surface area contributed by atoms with Gasteiger partial charge in [-0.05, 0) is 36.9 Å². The molecule has 3 rings (SSSR count). The number of hydrogen-bond acceptors (Lipinski definition) is 5. The Labute approximate surface area is 129 Å². The molecule has 0 bridgehead atoms. The van der Waals surface area contributed by atoms with Crippen LogP contribution in [0.3, 0.4) is 0 Å². The Morgan fingerprint density at radius 1 is 1.10 bits per heavy atom. The predicted molar refractivity (Wildman–Crippen MR) is 84.8 cm³/mol. The smallest absolute Gasteiger partial charge is 0.231 e. The molecule has 6 heteroatoms. The van der Waals surface area contributed by atoms with Crippen molar-refractivity contribution in [1.29, 1.82) is 0 Å². The molecule has 0 spiro atoms. The van der Waals surface area contributed by atoms with Crippen LogP contribution in [0.1, 0.15) is 31.4 Å². The van der Waals surface area contributed by atoms with Gasteiger partial charge in [0.2, 0.25) is 17.2 Å². The second-order valence-corrected chi connectivity index (χ2v) is 5.54. The van der Waals surface area contributed by atoms with Gasteiger partial charge in [0, 0.05) is 13.1 Å². The van der Waals surface area contributed by atoms with Crippen LogP contribution in [0.25, 0.3) is 0 Å². The molecule has 1 aliphatic heterocycles. The average molecular weight is 304 g/mol. The van der Waals surface area contributed by atoms with Gasteiger partial charge in [-0.3, -0.25) is 0 Å². The van der Waals surface area contributed by atoms with Crippen molar-refractivity contribution in [2.75, 3.05) is 23.3 Å². The maximum Gasteiger partial charge on any atom is 0.231 e. The number of aromatic nitrogens is 3. The maximum atomic E-state index is 6.03. The van der Waals surface area contributed by atoms with Crippen LogP contribution in [0.4, 0.5) is 11.9 Å². The molecular formula is C15H18ClN5. The molecule has 110 valence electrons. The summed E-state index contributed by atoms with van der Waals surface area (Å²) in [4.78, 5) is 15.0. The Hall–Kier alpha value is -1.88. The Balaban J connectivity index is 1.78. The molecule has 1 aromatic carbocycles. The fourth-order valence-electron chi connectivity index (χ4n) is 2.48. The first-order valence-corrected chi connectivity index (χ1v) is 7.58. The van der Waals surface area contributed by atoms with E-state index in [1.807, 2.05) is 18.2 Å². The largest absolute Gasteiger partial charge is 0.348 e. The van der Waals surface area contributed by atoms with Crippen LogP contribution in [0, 0.1) is 0 Å². The molecule has 2 heterocycles. The highest BCUT2D eigenvalue weighted by Crippen LogP contribution is 2.21. The van der Waals surface area contributed by atoms with Gasteiger partial charge in [-0.15, -0.1) is 0 Å². The SMILES string of the molecule is CC(Nc1nc(Cl)nc(N2CCCC2)n1)c1ccccc1. The Kier molecular flexibility index (Phi) is 4.20. The third-order valence-electron chi connectivity index (χ3n) is 3.63. The van der Waals surface area contributed by atoms with E-state index in [0.29, 0.717) is 11.9 Å². The van der Waals surface area contributed by atoms with E-state index in [-0.39, 0.29) is 11.3 Å². The van der Waals surface area contributed by atoms with E-state index >= 15 is 0 Å². The number of rotatable bonds is 4. The highest BCUT2D eigenvalue weighted by atomic mass is 35.5. The van der Waals surface area contributed by atoms with E-state index in [4.69, 9.17) is 11.6 Å². The maximum absolute atomic E-state index is 6.03. The predicted octanol–water partition coefficient (Wildman–Crippen LogP) is 3.30. The molecule has 1 N–H and O–H groups in total. The first kappa shape index (κ1) is 14.1. The number of halogens is 1. The van der Waals surface area contributed by atoms with Gasteiger partial charge < -0.3 is 10.2 Å². The Morgan fingerprint density at radius 2 is 1.81 bits per heavy atom. The lowest BCUT2D eigenvalue weighted by molar-refractivity contribution is 0.834. The minimum atomic E-state index is 0.107. The van der Waals surface area contributed by atoms with E-state index in [1.54, 1.807) is 0 Å². The topological polar surface area (TPSA) is 53.9 Å². The number of benzene rings is 1. The van der Waals surface area contributed by atoms with Gasteiger partial charge in [0.05, 0.1) is 6.04 Å². The number of hydrogen-bond donors (Lipinski definition) is 1. The van der Waals surface area contributed by atoms with Crippen LogP contribution in [0.15, 0.2) is 30.3 Å². The molecule has 0 radical (unpaired) electrons. The van der Waals surface area contributed by atoms with E-state index in [9.17, 15) is 0 Å². The number of nitrogens with zero attached hydrogens (tertiary/aromatic N) is 4. The quantitative estimate of drug-likeness (QED) is 0.939. The monoisotopic (exact) mass is 303 g/mol. The summed E-state index contributed by atoms with van der Waals surface area (Å²) in [5.41, 5.74) is 1.18. The molecule has 1 aliphatic rings. The van der Waals surface area contributed by atoms with E-state index in [1.165, 1.54) is 18.4 Å². The fourth-order valence-corrected chi connectivity index (χ4v) is 2.64. The molecule has 0 saturated carbocycles. The van der Waals surface area contributed by atoms with Gasteiger partial charge in [-0.1, -0.05) is 30.3 Å². The lowest BCUT2D eigenvalue weighted by Crippen LogP contribution is -2.22. The average Bonchev–Trinajstić information content (AvgIpc) is 3.02. The van der Waals surface area contributed by atoms with Gasteiger partial charge in [0.15, 0.2) is 0 Å². The molecule has 1 saturated heterocycles. The molecular weight excluding hydrogens is 286 g/mol. The standard InChI is InChI=1S/C15H18ClN5/c1-11(12-7-3-2-4-8-12)17-14-18-13(16)19-15(20-14)21-9-5-6-10-21/h2-4,7-8,11H,5-6,9-10H2,1H3,(H,17,18,19,20). The van der Waals surface area contributed by atoms with Crippen LogP contribution in [0.2, 0.25) is 5.28 Å². The molecule has 5 nitrogen and oxygen atoms in total. The molecule has 0 aliphatic carbocycles. The second-order valence-electron chi connectivity index (χ2n) is 5.20. The first-order valence-electron chi connectivity index (χ1n) is 7.20. The van der Waals surface area contributed by atoms with Crippen LogP contribution in [-0.2, 0) is 0 Å².